The molecule has 0 amide bonds. The summed E-state index contributed by atoms with van der Waals surface area (Å²) in [6.07, 6.45) is 0. The minimum atomic E-state index is -0.189. The molecule has 3 aliphatic rings. The third-order valence-corrected chi connectivity index (χ3v) is 18.5. The monoisotopic (exact) mass is 914 g/mol. The van der Waals surface area contributed by atoms with Crippen molar-refractivity contribution in [3.63, 3.8) is 0 Å². The Morgan fingerprint density at radius 3 is 1.84 bits per heavy atom. The lowest BCUT2D eigenvalue weighted by Crippen LogP contribution is -2.60. The molecule has 2 nitrogen and oxygen atoms in total. The van der Waals surface area contributed by atoms with E-state index < -0.39 is 0 Å². The van der Waals surface area contributed by atoms with Crippen LogP contribution in [-0.4, -0.2) is 11.4 Å². The van der Waals surface area contributed by atoms with Crippen LogP contribution in [0.2, 0.25) is 0 Å². The Morgan fingerprint density at radius 2 is 1.12 bits per heavy atom. The van der Waals surface area contributed by atoms with Crippen molar-refractivity contribution < 1.29 is 0 Å². The topological polar surface area (TPSA) is 8.17 Å². The van der Waals surface area contributed by atoms with Crippen LogP contribution in [0.4, 0.5) is 11.4 Å². The lowest BCUT2D eigenvalue weighted by atomic mass is 9.43. The van der Waals surface area contributed by atoms with Crippen LogP contribution < -0.4 is 15.7 Å². The summed E-state index contributed by atoms with van der Waals surface area (Å²) in [5.41, 5.74) is 21.5. The van der Waals surface area contributed by atoms with Crippen LogP contribution in [0.25, 0.3) is 90.1 Å². The fourth-order valence-corrected chi connectivity index (χ4v) is 15.0. The van der Waals surface area contributed by atoms with Gasteiger partial charge in [-0.1, -0.05) is 149 Å². The first-order valence-corrected chi connectivity index (χ1v) is 26.2. The van der Waals surface area contributed by atoms with Crippen molar-refractivity contribution in [2.24, 2.45) is 0 Å². The number of hydrogen-bond acceptors (Lipinski definition) is 3. The molecule has 11 aromatic rings. The highest BCUT2D eigenvalue weighted by Crippen LogP contribution is 2.58. The number of benzene rings is 8. The molecule has 1 aliphatic carbocycles. The van der Waals surface area contributed by atoms with E-state index in [1.54, 1.807) is 0 Å². The van der Waals surface area contributed by atoms with Gasteiger partial charge in [0.05, 0.1) is 11.0 Å². The number of aromatic nitrogens is 1. The molecule has 0 atom stereocenters. The van der Waals surface area contributed by atoms with Gasteiger partial charge in [-0.3, -0.25) is 0 Å². The molecule has 0 radical (unpaired) electrons. The van der Waals surface area contributed by atoms with Crippen LogP contribution in [0, 0.1) is 0 Å². The number of nitrogens with zero attached hydrogens (tertiary/aromatic N) is 2. The normalized spacial score (nSPS) is 15.0. The van der Waals surface area contributed by atoms with Crippen LogP contribution >= 0.6 is 22.7 Å². The zero-order valence-electron chi connectivity index (χ0n) is 41.0. The molecule has 5 heterocycles. The fraction of sp³-hybridized carbons (Fsp3) is 0.238. The number of thiophene rings is 2. The Balaban J connectivity index is 1.21. The maximum Gasteiger partial charge on any atom is 0.333 e. The molecule has 0 N–H and O–H groups in total. The van der Waals surface area contributed by atoms with Crippen LogP contribution in [0.15, 0.2) is 133 Å². The largest absolute Gasteiger partial charge is 0.376 e. The molecule has 332 valence electrons. The van der Waals surface area contributed by atoms with Crippen LogP contribution in [-0.2, 0) is 21.7 Å². The SMILES string of the molecule is CC(C)(C)c1ccc(N2B3c4cc5sc6ccccc6c5cc4-n4c5ccc(C(C)(C)C)cc5c5c6sc7ccccc7c6c(c3c54)-c3cc4c(cc32)-c2ccc(C(C)(C)C)cc2C4(C)C)cc1. The van der Waals surface area contributed by atoms with Crippen molar-refractivity contribution in [1.29, 1.82) is 0 Å². The molecule has 0 bridgehead atoms. The maximum absolute atomic E-state index is 2.76. The van der Waals surface area contributed by atoms with Crippen molar-refractivity contribution in [2.45, 2.75) is 97.8 Å². The summed E-state index contributed by atoms with van der Waals surface area (Å²) < 4.78 is 8.11. The predicted molar refractivity (Wildman–Crippen MR) is 299 cm³/mol. The minimum Gasteiger partial charge on any atom is -0.376 e. The Bertz CT molecular complexity index is 4060. The van der Waals surface area contributed by atoms with Gasteiger partial charge in [-0.25, -0.2) is 0 Å². The predicted octanol–water partition coefficient (Wildman–Crippen LogP) is 17.0. The maximum atomic E-state index is 2.76. The minimum absolute atomic E-state index is 0.00810. The summed E-state index contributed by atoms with van der Waals surface area (Å²) >= 11 is 3.92. The summed E-state index contributed by atoms with van der Waals surface area (Å²) in [6.45, 7) is 25.9. The van der Waals surface area contributed by atoms with Crippen molar-refractivity contribution in [2.75, 3.05) is 4.81 Å². The second-order valence-corrected chi connectivity index (χ2v) is 25.9. The highest BCUT2D eigenvalue weighted by atomic mass is 32.1. The van der Waals surface area contributed by atoms with Crippen LogP contribution in [0.1, 0.15) is 104 Å². The molecular formula is C63H55BN2S2. The van der Waals surface area contributed by atoms with E-state index in [2.05, 4.69) is 219 Å². The van der Waals surface area contributed by atoms with E-state index in [1.165, 1.54) is 140 Å². The van der Waals surface area contributed by atoms with E-state index >= 15 is 0 Å². The van der Waals surface area contributed by atoms with Crippen molar-refractivity contribution in [1.82, 2.24) is 4.57 Å². The third-order valence-electron chi connectivity index (χ3n) is 16.2. The van der Waals surface area contributed by atoms with Gasteiger partial charge in [0.2, 0.25) is 0 Å². The zero-order chi connectivity index (χ0) is 46.7. The van der Waals surface area contributed by atoms with Gasteiger partial charge >= 0.3 is 6.85 Å². The van der Waals surface area contributed by atoms with Gasteiger partial charge < -0.3 is 9.38 Å². The average Bonchev–Trinajstić information content (AvgIpc) is 4.03. The standard InChI is InChI=1S/C63H55BN2S2/c1-60(2,3)34-20-24-37(25-21-34)66-49-31-41-38-26-22-36(62(7,8)9)29-45(38)63(10,11)46(41)30-44(49)54-55-40-17-13-15-19-52(40)68-59(55)56-43-28-35(61(4,5)6)23-27-48(43)65-50-32-42-39-16-12-14-18-51(39)67-53(42)33-47(50)64(66)57(54)58(56)65/h12-33H,1-11H3. The van der Waals surface area contributed by atoms with E-state index in [4.69, 9.17) is 0 Å². The van der Waals surface area contributed by atoms with Crippen LogP contribution in [0.5, 0.6) is 0 Å². The molecule has 2 aliphatic heterocycles. The third kappa shape index (κ3) is 5.30. The molecule has 3 aromatic heterocycles. The van der Waals surface area contributed by atoms with E-state index in [0.29, 0.717) is 0 Å². The first kappa shape index (κ1) is 40.9. The fourth-order valence-electron chi connectivity index (χ4n) is 12.6. The number of anilines is 2. The Kier molecular flexibility index (Phi) is 7.90. The van der Waals surface area contributed by atoms with E-state index in [0.717, 1.165) is 0 Å². The summed E-state index contributed by atoms with van der Waals surface area (Å²) in [4.78, 5) is 2.76. The second kappa shape index (κ2) is 13.1. The van der Waals surface area contributed by atoms with Crippen molar-refractivity contribution in [3.05, 3.63) is 161 Å². The first-order valence-electron chi connectivity index (χ1n) is 24.5. The molecule has 0 spiro atoms. The summed E-state index contributed by atoms with van der Waals surface area (Å²) in [5, 5.41) is 8.16. The molecule has 0 saturated heterocycles. The highest BCUT2D eigenvalue weighted by molar-refractivity contribution is 7.27. The second-order valence-electron chi connectivity index (χ2n) is 23.8. The van der Waals surface area contributed by atoms with Gasteiger partial charge in [-0.15, -0.1) is 22.7 Å². The van der Waals surface area contributed by atoms with E-state index in [9.17, 15) is 0 Å². The zero-order valence-corrected chi connectivity index (χ0v) is 42.6. The molecule has 0 fully saturated rings. The molecular weight excluding hydrogens is 860 g/mol. The van der Waals surface area contributed by atoms with Gasteiger partial charge in [0, 0.05) is 79.2 Å². The quantitative estimate of drug-likeness (QED) is 0.149. The van der Waals surface area contributed by atoms with Crippen molar-refractivity contribution in [3.8, 4) is 27.9 Å². The Morgan fingerprint density at radius 1 is 0.485 bits per heavy atom. The summed E-state index contributed by atoms with van der Waals surface area (Å²) in [5.74, 6) is 0. The lowest BCUT2D eigenvalue weighted by molar-refractivity contribution is 0.584. The van der Waals surface area contributed by atoms with Gasteiger partial charge in [-0.05, 0) is 132 Å². The Labute approximate surface area is 408 Å². The summed E-state index contributed by atoms with van der Waals surface area (Å²) in [7, 11) is 0. The lowest BCUT2D eigenvalue weighted by Gasteiger charge is -2.43. The van der Waals surface area contributed by atoms with Gasteiger partial charge in [0.25, 0.3) is 0 Å². The molecule has 0 saturated carbocycles. The molecule has 14 rings (SSSR count). The molecule has 5 heteroatoms. The number of fused-ring (bicyclic) bond motifs is 19. The molecule has 8 aromatic carbocycles. The van der Waals surface area contributed by atoms with Gasteiger partial charge in [0.1, 0.15) is 0 Å². The van der Waals surface area contributed by atoms with Crippen LogP contribution in [0.3, 0.4) is 0 Å². The van der Waals surface area contributed by atoms with Gasteiger partial charge in [0.15, 0.2) is 0 Å². The molecule has 0 unspecified atom stereocenters. The van der Waals surface area contributed by atoms with E-state index in [-0.39, 0.29) is 28.5 Å². The number of rotatable bonds is 1. The van der Waals surface area contributed by atoms with E-state index in [1.807, 2.05) is 22.7 Å². The smallest absolute Gasteiger partial charge is 0.333 e. The Hall–Kier alpha value is -6.14. The van der Waals surface area contributed by atoms with Gasteiger partial charge in [-0.2, -0.15) is 0 Å². The average molecular weight is 915 g/mol. The number of hydrogen-bond donors (Lipinski definition) is 0. The highest BCUT2D eigenvalue weighted by Gasteiger charge is 2.48. The molecule has 68 heavy (non-hydrogen) atoms. The van der Waals surface area contributed by atoms with Crippen molar-refractivity contribution >= 4 is 114 Å². The first-order chi connectivity index (χ1) is 32.4. The summed E-state index contributed by atoms with van der Waals surface area (Å²) in [6, 6.07) is 53.0.